The van der Waals surface area contributed by atoms with Gasteiger partial charge in [0.15, 0.2) is 0 Å². The lowest BCUT2D eigenvalue weighted by atomic mass is 10.1. The van der Waals surface area contributed by atoms with E-state index in [1.54, 1.807) is 0 Å². The highest BCUT2D eigenvalue weighted by Crippen LogP contribution is 2.36. The molecule has 1 aromatic heterocycles. The van der Waals surface area contributed by atoms with Crippen LogP contribution in [0.2, 0.25) is 0 Å². The molecule has 1 heterocycles. The number of amides is 1. The van der Waals surface area contributed by atoms with Crippen LogP contribution >= 0.6 is 0 Å². The molecule has 178 valence electrons. The molecule has 1 aliphatic carbocycles. The maximum absolute atomic E-state index is 13.6. The average Bonchev–Trinajstić information content (AvgIpc) is 3.67. The maximum Gasteiger partial charge on any atom is 0.254 e. The zero-order chi connectivity index (χ0) is 24.4. The topological polar surface area (TPSA) is 47.4 Å². The number of carbonyl (C=O) groups is 1. The summed E-state index contributed by atoms with van der Waals surface area (Å²) in [6, 6.07) is 26.1. The summed E-state index contributed by atoms with van der Waals surface area (Å²) in [7, 11) is 0. The SMILES string of the molecule is CCc1nn(-c2ccccc2)c(Oc2ccc(C)cc2)c1CN(C(=O)c1ccc(C)cc1)C1CC1. The highest BCUT2D eigenvalue weighted by molar-refractivity contribution is 5.94. The Morgan fingerprint density at radius 2 is 1.57 bits per heavy atom. The molecule has 0 atom stereocenters. The van der Waals surface area contributed by atoms with Crippen LogP contribution < -0.4 is 4.74 Å². The smallest absolute Gasteiger partial charge is 0.254 e. The molecule has 1 amide bonds. The van der Waals surface area contributed by atoms with Gasteiger partial charge in [0.25, 0.3) is 5.91 Å². The van der Waals surface area contributed by atoms with E-state index in [9.17, 15) is 4.79 Å². The fourth-order valence-electron chi connectivity index (χ4n) is 4.27. The normalized spacial score (nSPS) is 13.0. The van der Waals surface area contributed by atoms with Crippen molar-refractivity contribution in [3.05, 3.63) is 107 Å². The van der Waals surface area contributed by atoms with Gasteiger partial charge in [-0.05, 0) is 69.5 Å². The van der Waals surface area contributed by atoms with Crippen molar-refractivity contribution in [2.45, 2.75) is 52.6 Å². The van der Waals surface area contributed by atoms with Gasteiger partial charge in [-0.25, -0.2) is 4.68 Å². The number of benzene rings is 3. The van der Waals surface area contributed by atoms with Crippen LogP contribution in [0.4, 0.5) is 0 Å². The van der Waals surface area contributed by atoms with Gasteiger partial charge in [-0.2, -0.15) is 5.10 Å². The van der Waals surface area contributed by atoms with Crippen LogP contribution in [0, 0.1) is 13.8 Å². The second-order valence-corrected chi connectivity index (χ2v) is 9.28. The minimum Gasteiger partial charge on any atom is -0.439 e. The first-order valence-electron chi connectivity index (χ1n) is 12.3. The van der Waals surface area contributed by atoms with Gasteiger partial charge in [0, 0.05) is 11.6 Å². The van der Waals surface area contributed by atoms with Crippen LogP contribution in [-0.4, -0.2) is 26.6 Å². The van der Waals surface area contributed by atoms with Crippen LogP contribution in [0.25, 0.3) is 5.69 Å². The predicted molar refractivity (Wildman–Crippen MR) is 138 cm³/mol. The van der Waals surface area contributed by atoms with Gasteiger partial charge in [0.05, 0.1) is 23.5 Å². The van der Waals surface area contributed by atoms with Gasteiger partial charge < -0.3 is 9.64 Å². The third kappa shape index (κ3) is 4.99. The molecule has 1 fully saturated rings. The first kappa shape index (κ1) is 22.9. The second-order valence-electron chi connectivity index (χ2n) is 9.28. The number of nitrogens with zero attached hydrogens (tertiary/aromatic N) is 3. The first-order chi connectivity index (χ1) is 17.0. The van der Waals surface area contributed by atoms with Gasteiger partial charge >= 0.3 is 0 Å². The third-order valence-corrected chi connectivity index (χ3v) is 6.47. The van der Waals surface area contributed by atoms with E-state index in [2.05, 4.69) is 13.8 Å². The fourth-order valence-corrected chi connectivity index (χ4v) is 4.27. The van der Waals surface area contributed by atoms with Crippen molar-refractivity contribution in [2.24, 2.45) is 0 Å². The lowest BCUT2D eigenvalue weighted by Crippen LogP contribution is -2.33. The minimum atomic E-state index is 0.0586. The van der Waals surface area contributed by atoms with Crippen molar-refractivity contribution in [1.82, 2.24) is 14.7 Å². The van der Waals surface area contributed by atoms with Crippen LogP contribution in [0.3, 0.4) is 0 Å². The Kier molecular flexibility index (Phi) is 6.41. The number of rotatable bonds is 8. The van der Waals surface area contributed by atoms with Crippen molar-refractivity contribution in [1.29, 1.82) is 0 Å². The summed E-state index contributed by atoms with van der Waals surface area (Å²) in [6.07, 6.45) is 2.80. The highest BCUT2D eigenvalue weighted by atomic mass is 16.5. The molecule has 3 aromatic carbocycles. The molecule has 1 saturated carbocycles. The van der Waals surface area contributed by atoms with E-state index >= 15 is 0 Å². The number of ether oxygens (including phenoxy) is 1. The first-order valence-corrected chi connectivity index (χ1v) is 12.3. The van der Waals surface area contributed by atoms with E-state index in [1.807, 2.05) is 95.4 Å². The minimum absolute atomic E-state index is 0.0586. The van der Waals surface area contributed by atoms with Crippen LogP contribution in [0.15, 0.2) is 78.9 Å². The second kappa shape index (κ2) is 9.79. The Bertz CT molecular complexity index is 1300. The highest BCUT2D eigenvalue weighted by Gasteiger charge is 2.35. The molecule has 0 unspecified atom stereocenters. The maximum atomic E-state index is 13.6. The summed E-state index contributed by atoms with van der Waals surface area (Å²) in [5.41, 5.74) is 5.87. The molecule has 4 aromatic rings. The molecule has 0 radical (unpaired) electrons. The Morgan fingerprint density at radius 3 is 2.17 bits per heavy atom. The van der Waals surface area contributed by atoms with Gasteiger partial charge in [-0.1, -0.05) is 60.5 Å². The summed E-state index contributed by atoms with van der Waals surface area (Å²) < 4.78 is 8.37. The number of aryl methyl sites for hydroxylation is 3. The van der Waals surface area contributed by atoms with E-state index in [4.69, 9.17) is 9.84 Å². The van der Waals surface area contributed by atoms with Crippen molar-refractivity contribution >= 4 is 5.91 Å². The Hall–Kier alpha value is -3.86. The van der Waals surface area contributed by atoms with E-state index in [0.717, 1.165) is 53.1 Å². The number of carbonyl (C=O) groups excluding carboxylic acids is 1. The Labute approximate surface area is 207 Å². The quantitative estimate of drug-likeness (QED) is 0.293. The third-order valence-electron chi connectivity index (χ3n) is 6.47. The molecule has 0 aliphatic heterocycles. The van der Waals surface area contributed by atoms with E-state index < -0.39 is 0 Å². The van der Waals surface area contributed by atoms with Crippen LogP contribution in [0.5, 0.6) is 11.6 Å². The summed E-state index contributed by atoms with van der Waals surface area (Å²) in [6.45, 7) is 6.66. The van der Waals surface area contributed by atoms with Crippen LogP contribution in [0.1, 0.15) is 52.5 Å². The fraction of sp³-hybridized carbons (Fsp3) is 0.267. The molecule has 0 N–H and O–H groups in total. The number of hydrogen-bond acceptors (Lipinski definition) is 3. The lowest BCUT2D eigenvalue weighted by Gasteiger charge is -2.23. The zero-order valence-corrected chi connectivity index (χ0v) is 20.6. The summed E-state index contributed by atoms with van der Waals surface area (Å²) in [5.74, 6) is 1.47. The summed E-state index contributed by atoms with van der Waals surface area (Å²) in [5, 5.41) is 4.94. The zero-order valence-electron chi connectivity index (χ0n) is 20.6. The molecule has 5 rings (SSSR count). The number of para-hydroxylation sites is 1. The molecule has 0 spiro atoms. The molecule has 35 heavy (non-hydrogen) atoms. The van der Waals surface area contributed by atoms with Crippen molar-refractivity contribution < 1.29 is 9.53 Å². The van der Waals surface area contributed by atoms with Gasteiger partial charge in [-0.3, -0.25) is 4.79 Å². The molecular formula is C30H31N3O2. The molecular weight excluding hydrogens is 434 g/mol. The largest absolute Gasteiger partial charge is 0.439 e. The summed E-state index contributed by atoms with van der Waals surface area (Å²) >= 11 is 0. The van der Waals surface area contributed by atoms with Gasteiger partial charge in [0.1, 0.15) is 5.75 Å². The lowest BCUT2D eigenvalue weighted by molar-refractivity contribution is 0.0728. The average molecular weight is 466 g/mol. The monoisotopic (exact) mass is 465 g/mol. The predicted octanol–water partition coefficient (Wildman–Crippen LogP) is 6.65. The number of hydrogen-bond donors (Lipinski definition) is 0. The molecule has 1 aliphatic rings. The van der Waals surface area contributed by atoms with Crippen molar-refractivity contribution in [2.75, 3.05) is 0 Å². The van der Waals surface area contributed by atoms with Crippen LogP contribution in [-0.2, 0) is 13.0 Å². The standard InChI is InChI=1S/C30H31N3O2/c1-4-28-27(20-32(24-16-17-24)29(34)23-14-10-21(2)11-15-23)30(35-26-18-12-22(3)13-19-26)33(31-28)25-8-6-5-7-9-25/h5-15,18-19,24H,4,16-17,20H2,1-3H3. The van der Waals surface area contributed by atoms with Crippen molar-refractivity contribution in [3.63, 3.8) is 0 Å². The van der Waals surface area contributed by atoms with E-state index in [0.29, 0.717) is 12.4 Å². The molecule has 0 bridgehead atoms. The van der Waals surface area contributed by atoms with Gasteiger partial charge in [-0.15, -0.1) is 0 Å². The Balaban J connectivity index is 1.57. The van der Waals surface area contributed by atoms with E-state index in [1.165, 1.54) is 5.56 Å². The number of aromatic nitrogens is 2. The molecule has 5 heteroatoms. The summed E-state index contributed by atoms with van der Waals surface area (Å²) in [4.78, 5) is 15.6. The Morgan fingerprint density at radius 1 is 0.943 bits per heavy atom. The molecule has 0 saturated heterocycles. The van der Waals surface area contributed by atoms with E-state index in [-0.39, 0.29) is 11.9 Å². The molecule has 5 nitrogen and oxygen atoms in total. The van der Waals surface area contributed by atoms with Gasteiger partial charge in [0.2, 0.25) is 5.88 Å². The van der Waals surface area contributed by atoms with Crippen molar-refractivity contribution in [3.8, 4) is 17.3 Å².